The number of H-pyrrole nitrogens is 1. The molecule has 84 valence electrons. The Balaban J connectivity index is 2.17. The maximum Gasteiger partial charge on any atom is 0.241 e. The van der Waals surface area contributed by atoms with Gasteiger partial charge in [-0.3, -0.25) is 9.89 Å². The van der Waals surface area contributed by atoms with Crippen molar-refractivity contribution >= 4 is 22.5 Å². The van der Waals surface area contributed by atoms with Crippen molar-refractivity contribution in [2.75, 3.05) is 12.4 Å². The van der Waals surface area contributed by atoms with Crippen molar-refractivity contribution in [1.29, 1.82) is 0 Å². The number of carbonyl (C=O) groups is 1. The zero-order valence-corrected chi connectivity index (χ0v) is 9.24. The predicted molar refractivity (Wildman–Crippen MR) is 63.2 cm³/mol. The van der Waals surface area contributed by atoms with E-state index in [-0.39, 0.29) is 11.9 Å². The van der Waals surface area contributed by atoms with Crippen LogP contribution in [0, 0.1) is 0 Å². The summed E-state index contributed by atoms with van der Waals surface area (Å²) >= 11 is 0. The number of nitrogens with zero attached hydrogens (tertiary/aromatic N) is 1. The third-order valence-corrected chi connectivity index (χ3v) is 2.54. The van der Waals surface area contributed by atoms with E-state index in [1.807, 2.05) is 25.1 Å². The van der Waals surface area contributed by atoms with Gasteiger partial charge in [0.15, 0.2) is 0 Å². The number of carbonyl (C=O) groups excluding carboxylic acids is 1. The van der Waals surface area contributed by atoms with Crippen molar-refractivity contribution in [2.45, 2.75) is 13.0 Å². The average Bonchev–Trinajstić information content (AvgIpc) is 2.75. The van der Waals surface area contributed by atoms with Gasteiger partial charge in [-0.15, -0.1) is 0 Å². The van der Waals surface area contributed by atoms with E-state index >= 15 is 0 Å². The molecule has 1 atom stereocenters. The number of likely N-dealkylation sites (N-methyl/N-ethyl adjacent to an activating group) is 1. The topological polar surface area (TPSA) is 69.8 Å². The highest BCUT2D eigenvalue weighted by Gasteiger charge is 2.10. The normalized spacial score (nSPS) is 12.6. The van der Waals surface area contributed by atoms with Crippen LogP contribution in [0.2, 0.25) is 0 Å². The van der Waals surface area contributed by atoms with Crippen LogP contribution in [-0.4, -0.2) is 29.2 Å². The van der Waals surface area contributed by atoms with Gasteiger partial charge >= 0.3 is 0 Å². The van der Waals surface area contributed by atoms with Crippen molar-refractivity contribution in [3.05, 3.63) is 24.4 Å². The van der Waals surface area contributed by atoms with Crippen molar-refractivity contribution in [1.82, 2.24) is 15.5 Å². The Kier molecular flexibility index (Phi) is 2.87. The quantitative estimate of drug-likeness (QED) is 0.722. The van der Waals surface area contributed by atoms with E-state index in [9.17, 15) is 4.79 Å². The number of fused-ring (bicyclic) bond motifs is 1. The molecule has 16 heavy (non-hydrogen) atoms. The molecule has 0 fully saturated rings. The maximum atomic E-state index is 11.6. The minimum absolute atomic E-state index is 0.0543. The second kappa shape index (κ2) is 4.32. The van der Waals surface area contributed by atoms with Crippen molar-refractivity contribution in [3.8, 4) is 0 Å². The molecule has 5 heteroatoms. The largest absolute Gasteiger partial charge is 0.325 e. The maximum absolute atomic E-state index is 11.6. The van der Waals surface area contributed by atoms with Crippen LogP contribution in [0.4, 0.5) is 5.69 Å². The summed E-state index contributed by atoms with van der Waals surface area (Å²) < 4.78 is 0. The number of benzene rings is 1. The number of hydrogen-bond acceptors (Lipinski definition) is 3. The molecule has 0 aliphatic rings. The van der Waals surface area contributed by atoms with Crippen molar-refractivity contribution in [2.24, 2.45) is 0 Å². The number of aromatic nitrogens is 2. The standard InChI is InChI=1S/C11H14N4O/c1-7(12-2)11(16)14-9-4-3-8-6-13-15-10(8)5-9/h3-7,12H,1-2H3,(H,13,15)(H,14,16)/t7-/m0/s1. The Morgan fingerprint density at radius 1 is 1.50 bits per heavy atom. The molecule has 2 rings (SSSR count). The van der Waals surface area contributed by atoms with Crippen LogP contribution < -0.4 is 10.6 Å². The summed E-state index contributed by atoms with van der Waals surface area (Å²) in [6, 6.07) is 5.43. The number of anilines is 1. The number of nitrogens with one attached hydrogen (secondary N) is 3. The Labute approximate surface area is 93.2 Å². The van der Waals surface area contributed by atoms with Gasteiger partial charge in [0.25, 0.3) is 0 Å². The average molecular weight is 218 g/mol. The molecule has 2 aromatic rings. The monoisotopic (exact) mass is 218 g/mol. The van der Waals surface area contributed by atoms with Crippen LogP contribution in [-0.2, 0) is 4.79 Å². The Morgan fingerprint density at radius 2 is 2.31 bits per heavy atom. The van der Waals surface area contributed by atoms with E-state index in [0.717, 1.165) is 16.6 Å². The first-order chi connectivity index (χ1) is 7.70. The molecule has 0 unspecified atom stereocenters. The van der Waals surface area contributed by atoms with Crippen LogP contribution >= 0.6 is 0 Å². The molecular weight excluding hydrogens is 204 g/mol. The molecule has 0 aliphatic carbocycles. The summed E-state index contributed by atoms with van der Waals surface area (Å²) in [6.45, 7) is 1.81. The zero-order valence-electron chi connectivity index (χ0n) is 9.24. The molecule has 5 nitrogen and oxygen atoms in total. The Hall–Kier alpha value is -1.88. The van der Waals surface area contributed by atoms with Gasteiger partial charge in [-0.25, -0.2) is 0 Å². The number of aromatic amines is 1. The van der Waals surface area contributed by atoms with E-state index in [2.05, 4.69) is 20.8 Å². The smallest absolute Gasteiger partial charge is 0.241 e. The molecule has 0 radical (unpaired) electrons. The van der Waals surface area contributed by atoms with E-state index in [0.29, 0.717) is 0 Å². The third-order valence-electron chi connectivity index (χ3n) is 2.54. The molecule has 0 saturated heterocycles. The molecule has 1 amide bonds. The highest BCUT2D eigenvalue weighted by atomic mass is 16.2. The number of amides is 1. The molecular formula is C11H14N4O. The van der Waals surface area contributed by atoms with Gasteiger partial charge in [-0.05, 0) is 32.2 Å². The van der Waals surface area contributed by atoms with Crippen molar-refractivity contribution in [3.63, 3.8) is 0 Å². The van der Waals surface area contributed by atoms with Gasteiger partial charge in [-0.2, -0.15) is 5.10 Å². The molecule has 0 saturated carbocycles. The minimum Gasteiger partial charge on any atom is -0.325 e. The molecule has 0 aliphatic heterocycles. The third kappa shape index (κ3) is 2.04. The fourth-order valence-electron chi connectivity index (χ4n) is 1.40. The second-order valence-electron chi connectivity index (χ2n) is 3.67. The lowest BCUT2D eigenvalue weighted by Crippen LogP contribution is -2.35. The molecule has 0 spiro atoms. The summed E-state index contributed by atoms with van der Waals surface area (Å²) in [5.74, 6) is -0.0543. The fraction of sp³-hybridized carbons (Fsp3) is 0.273. The lowest BCUT2D eigenvalue weighted by molar-refractivity contribution is -0.117. The second-order valence-corrected chi connectivity index (χ2v) is 3.67. The van der Waals surface area contributed by atoms with E-state index in [4.69, 9.17) is 0 Å². The van der Waals surface area contributed by atoms with Crippen LogP contribution in [0.3, 0.4) is 0 Å². The number of rotatable bonds is 3. The van der Waals surface area contributed by atoms with Gasteiger partial charge in [-0.1, -0.05) is 0 Å². The van der Waals surface area contributed by atoms with Crippen LogP contribution in [0.15, 0.2) is 24.4 Å². The van der Waals surface area contributed by atoms with Gasteiger partial charge < -0.3 is 10.6 Å². The summed E-state index contributed by atoms with van der Waals surface area (Å²) in [6.07, 6.45) is 1.75. The minimum atomic E-state index is -0.211. The van der Waals surface area contributed by atoms with Crippen LogP contribution in [0.25, 0.3) is 10.9 Å². The summed E-state index contributed by atoms with van der Waals surface area (Å²) in [5.41, 5.74) is 1.68. The lowest BCUT2D eigenvalue weighted by Gasteiger charge is -2.10. The van der Waals surface area contributed by atoms with Crippen molar-refractivity contribution < 1.29 is 4.79 Å². The fourth-order valence-corrected chi connectivity index (χ4v) is 1.40. The Bertz CT molecular complexity index is 505. The first kappa shape index (κ1) is 10.6. The molecule has 3 N–H and O–H groups in total. The van der Waals surface area contributed by atoms with Crippen LogP contribution in [0.5, 0.6) is 0 Å². The zero-order chi connectivity index (χ0) is 11.5. The van der Waals surface area contributed by atoms with Gasteiger partial charge in [0, 0.05) is 11.1 Å². The van der Waals surface area contributed by atoms with Gasteiger partial charge in [0.05, 0.1) is 17.8 Å². The Morgan fingerprint density at radius 3 is 3.06 bits per heavy atom. The van der Waals surface area contributed by atoms with E-state index in [1.165, 1.54) is 0 Å². The molecule has 1 aromatic heterocycles. The first-order valence-corrected chi connectivity index (χ1v) is 5.12. The lowest BCUT2D eigenvalue weighted by atomic mass is 10.2. The van der Waals surface area contributed by atoms with Crippen LogP contribution in [0.1, 0.15) is 6.92 Å². The van der Waals surface area contributed by atoms with E-state index in [1.54, 1.807) is 13.2 Å². The molecule has 1 aromatic carbocycles. The molecule has 1 heterocycles. The molecule has 0 bridgehead atoms. The highest BCUT2D eigenvalue weighted by molar-refractivity contribution is 5.96. The summed E-state index contributed by atoms with van der Waals surface area (Å²) in [5, 5.41) is 13.5. The summed E-state index contributed by atoms with van der Waals surface area (Å²) in [7, 11) is 1.75. The van der Waals surface area contributed by atoms with E-state index < -0.39 is 0 Å². The SMILES string of the molecule is CN[C@@H](C)C(=O)Nc1ccc2cn[nH]c2c1. The predicted octanol–water partition coefficient (Wildman–Crippen LogP) is 1.11. The van der Waals surface area contributed by atoms with Gasteiger partial charge in [0.2, 0.25) is 5.91 Å². The first-order valence-electron chi connectivity index (χ1n) is 5.12. The van der Waals surface area contributed by atoms with Gasteiger partial charge in [0.1, 0.15) is 0 Å². The summed E-state index contributed by atoms with van der Waals surface area (Å²) in [4.78, 5) is 11.6. The number of hydrogen-bond donors (Lipinski definition) is 3. The highest BCUT2D eigenvalue weighted by Crippen LogP contribution is 2.16.